The van der Waals surface area contributed by atoms with Gasteiger partial charge in [0.05, 0.1) is 0 Å². The molecule has 1 aliphatic heterocycles. The van der Waals surface area contributed by atoms with Gasteiger partial charge in [0, 0.05) is 32.4 Å². The second-order valence-electron chi connectivity index (χ2n) is 6.92. The van der Waals surface area contributed by atoms with Crippen molar-refractivity contribution >= 4 is 5.69 Å². The van der Waals surface area contributed by atoms with Gasteiger partial charge in [-0.25, -0.2) is 0 Å². The van der Waals surface area contributed by atoms with E-state index in [1.54, 1.807) is 0 Å². The summed E-state index contributed by atoms with van der Waals surface area (Å²) in [5, 5.41) is 0. The number of rotatable bonds is 5. The van der Waals surface area contributed by atoms with Crippen LogP contribution in [0.1, 0.15) is 25.3 Å². The van der Waals surface area contributed by atoms with E-state index in [2.05, 4.69) is 79.3 Å². The molecule has 2 heteroatoms. The monoisotopic (exact) mass is 308 g/mol. The molecule has 122 valence electrons. The number of nitrogens with zero attached hydrogens (tertiary/aromatic N) is 2. The largest absolute Gasteiger partial charge is 0.378 e. The molecule has 1 heterocycles. The van der Waals surface area contributed by atoms with E-state index < -0.39 is 0 Å². The van der Waals surface area contributed by atoms with Crippen LogP contribution in [0.2, 0.25) is 0 Å². The molecule has 2 aromatic rings. The first-order chi connectivity index (χ1) is 11.1. The molecule has 0 N–H and O–H groups in total. The Labute approximate surface area is 140 Å². The van der Waals surface area contributed by atoms with Crippen molar-refractivity contribution in [2.45, 2.75) is 32.2 Å². The topological polar surface area (TPSA) is 6.48 Å². The van der Waals surface area contributed by atoms with Crippen molar-refractivity contribution in [2.24, 2.45) is 0 Å². The van der Waals surface area contributed by atoms with Gasteiger partial charge in [0.15, 0.2) is 0 Å². The summed E-state index contributed by atoms with van der Waals surface area (Å²) in [5.41, 5.74) is 5.27. The molecule has 1 saturated heterocycles. The molecule has 23 heavy (non-hydrogen) atoms. The quantitative estimate of drug-likeness (QED) is 0.805. The van der Waals surface area contributed by atoms with Crippen LogP contribution < -0.4 is 4.90 Å². The highest BCUT2D eigenvalue weighted by Crippen LogP contribution is 2.23. The lowest BCUT2D eigenvalue weighted by atomic mass is 10.0. The molecule has 0 saturated carbocycles. The Balaban J connectivity index is 1.62. The van der Waals surface area contributed by atoms with Gasteiger partial charge in [0.2, 0.25) is 0 Å². The van der Waals surface area contributed by atoms with Crippen molar-refractivity contribution < 1.29 is 0 Å². The van der Waals surface area contributed by atoms with Gasteiger partial charge in [0.25, 0.3) is 0 Å². The van der Waals surface area contributed by atoms with Gasteiger partial charge in [-0.1, -0.05) is 36.4 Å². The molecule has 0 spiro atoms. The van der Waals surface area contributed by atoms with Crippen LogP contribution >= 0.6 is 0 Å². The minimum Gasteiger partial charge on any atom is -0.378 e. The smallest absolute Gasteiger partial charge is 0.0361 e. The van der Waals surface area contributed by atoms with Gasteiger partial charge in [0.1, 0.15) is 0 Å². The Morgan fingerprint density at radius 1 is 0.957 bits per heavy atom. The van der Waals surface area contributed by atoms with Crippen molar-refractivity contribution in [3.63, 3.8) is 0 Å². The first-order valence-electron chi connectivity index (χ1n) is 8.74. The lowest BCUT2D eigenvalue weighted by molar-refractivity contribution is 0.272. The summed E-state index contributed by atoms with van der Waals surface area (Å²) >= 11 is 0. The maximum Gasteiger partial charge on any atom is 0.0361 e. The highest BCUT2D eigenvalue weighted by molar-refractivity contribution is 5.66. The van der Waals surface area contributed by atoms with E-state index in [0.29, 0.717) is 0 Å². The van der Waals surface area contributed by atoms with Crippen LogP contribution in [0.5, 0.6) is 0 Å². The molecule has 0 radical (unpaired) electrons. The summed E-state index contributed by atoms with van der Waals surface area (Å²) in [7, 11) is 4.15. The van der Waals surface area contributed by atoms with Crippen molar-refractivity contribution in [3.8, 4) is 11.1 Å². The summed E-state index contributed by atoms with van der Waals surface area (Å²) in [6, 6.07) is 18.6. The molecular formula is C21H28N2. The van der Waals surface area contributed by atoms with Crippen LogP contribution in [0.4, 0.5) is 5.69 Å². The lowest BCUT2D eigenvalue weighted by Crippen LogP contribution is -2.28. The minimum atomic E-state index is 0.768. The SMILES string of the molecule is CC1CCCN1CCc1ccc(-c2ccc(N(C)C)cc2)cc1. The van der Waals surface area contributed by atoms with Gasteiger partial charge < -0.3 is 9.80 Å². The zero-order chi connectivity index (χ0) is 16.2. The predicted octanol–water partition coefficient (Wildman–Crippen LogP) is 4.45. The van der Waals surface area contributed by atoms with E-state index in [1.807, 2.05) is 0 Å². The van der Waals surface area contributed by atoms with Crippen molar-refractivity contribution in [3.05, 3.63) is 54.1 Å². The Morgan fingerprint density at radius 3 is 2.09 bits per heavy atom. The van der Waals surface area contributed by atoms with E-state index in [4.69, 9.17) is 0 Å². The molecule has 1 fully saturated rings. The standard InChI is InChI=1S/C21H28N2/c1-17-5-4-15-23(17)16-14-18-6-8-19(9-7-18)20-10-12-21(13-11-20)22(2)3/h6-13,17H,4-5,14-16H2,1-3H3. The summed E-state index contributed by atoms with van der Waals surface area (Å²) in [6.07, 6.45) is 3.88. The second kappa shape index (κ2) is 7.18. The van der Waals surface area contributed by atoms with Crippen LogP contribution in [-0.4, -0.2) is 38.1 Å². The number of benzene rings is 2. The Hall–Kier alpha value is -1.80. The molecule has 1 atom stereocenters. The number of anilines is 1. The third-order valence-electron chi connectivity index (χ3n) is 5.05. The number of hydrogen-bond donors (Lipinski definition) is 0. The van der Waals surface area contributed by atoms with E-state index in [9.17, 15) is 0 Å². The average molecular weight is 308 g/mol. The lowest BCUT2D eigenvalue weighted by Gasteiger charge is -2.20. The molecule has 0 amide bonds. The summed E-state index contributed by atoms with van der Waals surface area (Å²) < 4.78 is 0. The Bertz CT molecular complexity index is 613. The van der Waals surface area contributed by atoms with Crippen LogP contribution in [0.25, 0.3) is 11.1 Å². The molecule has 0 bridgehead atoms. The number of hydrogen-bond acceptors (Lipinski definition) is 2. The van der Waals surface area contributed by atoms with Gasteiger partial charge in [-0.2, -0.15) is 0 Å². The van der Waals surface area contributed by atoms with E-state index in [1.165, 1.54) is 48.3 Å². The maximum absolute atomic E-state index is 2.62. The molecule has 2 nitrogen and oxygen atoms in total. The second-order valence-corrected chi connectivity index (χ2v) is 6.92. The average Bonchev–Trinajstić information content (AvgIpc) is 2.99. The van der Waals surface area contributed by atoms with Gasteiger partial charge >= 0.3 is 0 Å². The predicted molar refractivity (Wildman–Crippen MR) is 100 cm³/mol. The highest BCUT2D eigenvalue weighted by Gasteiger charge is 2.19. The first-order valence-corrected chi connectivity index (χ1v) is 8.74. The third-order valence-corrected chi connectivity index (χ3v) is 5.05. The van der Waals surface area contributed by atoms with Crippen LogP contribution in [0.3, 0.4) is 0 Å². The zero-order valence-corrected chi connectivity index (χ0v) is 14.6. The Morgan fingerprint density at radius 2 is 1.57 bits per heavy atom. The fourth-order valence-corrected chi connectivity index (χ4v) is 3.41. The number of likely N-dealkylation sites (tertiary alicyclic amines) is 1. The molecule has 2 aromatic carbocycles. The third kappa shape index (κ3) is 3.94. The minimum absolute atomic E-state index is 0.768. The van der Waals surface area contributed by atoms with Gasteiger partial charge in [-0.05, 0) is 61.6 Å². The molecule has 1 aliphatic rings. The summed E-state index contributed by atoms with van der Waals surface area (Å²) in [5.74, 6) is 0. The maximum atomic E-state index is 2.62. The molecule has 0 aromatic heterocycles. The van der Waals surface area contributed by atoms with E-state index in [-0.39, 0.29) is 0 Å². The molecule has 3 rings (SSSR count). The van der Waals surface area contributed by atoms with Gasteiger partial charge in [-0.3, -0.25) is 0 Å². The van der Waals surface area contributed by atoms with E-state index >= 15 is 0 Å². The fourth-order valence-electron chi connectivity index (χ4n) is 3.41. The van der Waals surface area contributed by atoms with Crippen molar-refractivity contribution in [1.82, 2.24) is 4.90 Å². The fraction of sp³-hybridized carbons (Fsp3) is 0.429. The van der Waals surface area contributed by atoms with Gasteiger partial charge in [-0.15, -0.1) is 0 Å². The first kappa shape index (κ1) is 16.1. The molecule has 0 aliphatic carbocycles. The summed E-state index contributed by atoms with van der Waals surface area (Å²) in [4.78, 5) is 4.75. The van der Waals surface area contributed by atoms with Crippen LogP contribution in [-0.2, 0) is 6.42 Å². The molecule has 1 unspecified atom stereocenters. The normalized spacial score (nSPS) is 18.3. The molecular weight excluding hydrogens is 280 g/mol. The van der Waals surface area contributed by atoms with Crippen LogP contribution in [0.15, 0.2) is 48.5 Å². The highest BCUT2D eigenvalue weighted by atomic mass is 15.2. The Kier molecular flexibility index (Phi) is 5.02. The van der Waals surface area contributed by atoms with Crippen LogP contribution in [0, 0.1) is 0 Å². The van der Waals surface area contributed by atoms with E-state index in [0.717, 1.165) is 12.5 Å². The zero-order valence-electron chi connectivity index (χ0n) is 14.6. The summed E-state index contributed by atoms with van der Waals surface area (Å²) in [6.45, 7) is 4.82. The van der Waals surface area contributed by atoms with Crippen molar-refractivity contribution in [1.29, 1.82) is 0 Å². The van der Waals surface area contributed by atoms with Crippen molar-refractivity contribution in [2.75, 3.05) is 32.1 Å².